The van der Waals surface area contributed by atoms with Crippen LogP contribution in [-0.4, -0.2) is 65.4 Å². The van der Waals surface area contributed by atoms with Gasteiger partial charge >= 0.3 is 0 Å². The third kappa shape index (κ3) is 4.81. The highest BCUT2D eigenvalue weighted by atomic mass is 35.5. The Morgan fingerprint density at radius 3 is 2.08 bits per heavy atom. The minimum absolute atomic E-state index is 0.183. The number of nitrogens with zero attached hydrogens (tertiary/aromatic N) is 2. The first-order valence-corrected chi connectivity index (χ1v) is 9.11. The van der Waals surface area contributed by atoms with Crippen molar-refractivity contribution in [3.05, 3.63) is 70.7 Å². The van der Waals surface area contributed by atoms with Crippen molar-refractivity contribution in [3.63, 3.8) is 0 Å². The van der Waals surface area contributed by atoms with Gasteiger partial charge in [0.2, 0.25) is 0 Å². The molecule has 0 amide bonds. The zero-order valence-corrected chi connectivity index (χ0v) is 15.0. The molecule has 0 aromatic heterocycles. The summed E-state index contributed by atoms with van der Waals surface area (Å²) in [7, 11) is 0. The van der Waals surface area contributed by atoms with Crippen molar-refractivity contribution < 1.29 is 10.2 Å². The van der Waals surface area contributed by atoms with E-state index < -0.39 is 6.10 Å². The molecule has 0 spiro atoms. The van der Waals surface area contributed by atoms with Gasteiger partial charge in [0.15, 0.2) is 0 Å². The predicted octanol–water partition coefficient (Wildman–Crippen LogP) is 2.40. The first-order valence-electron chi connectivity index (χ1n) is 8.73. The van der Waals surface area contributed by atoms with Gasteiger partial charge < -0.3 is 10.2 Å². The molecule has 1 aliphatic heterocycles. The number of β-amino-alcohol motifs (C(OH)–C–C–N with tert-alkyl or cyclic N) is 1. The van der Waals surface area contributed by atoms with E-state index >= 15 is 0 Å². The lowest BCUT2D eigenvalue weighted by atomic mass is 9.96. The minimum atomic E-state index is -0.660. The van der Waals surface area contributed by atoms with Crippen LogP contribution >= 0.6 is 11.6 Å². The number of aliphatic hydroxyl groups is 2. The molecule has 1 aliphatic rings. The van der Waals surface area contributed by atoms with Gasteiger partial charge in [-0.2, -0.15) is 0 Å². The molecule has 25 heavy (non-hydrogen) atoms. The highest BCUT2D eigenvalue weighted by molar-refractivity contribution is 6.30. The van der Waals surface area contributed by atoms with E-state index in [0.29, 0.717) is 6.54 Å². The van der Waals surface area contributed by atoms with Crippen LogP contribution in [0, 0.1) is 0 Å². The Labute approximate surface area is 154 Å². The van der Waals surface area contributed by atoms with Crippen LogP contribution in [0.4, 0.5) is 0 Å². The van der Waals surface area contributed by atoms with Gasteiger partial charge in [0.25, 0.3) is 0 Å². The molecule has 1 heterocycles. The van der Waals surface area contributed by atoms with Gasteiger partial charge in [-0.05, 0) is 23.3 Å². The van der Waals surface area contributed by atoms with Crippen molar-refractivity contribution in [1.29, 1.82) is 0 Å². The zero-order chi connectivity index (χ0) is 17.6. The maximum atomic E-state index is 9.65. The first-order chi connectivity index (χ1) is 12.2. The van der Waals surface area contributed by atoms with Gasteiger partial charge in [0.05, 0.1) is 18.8 Å². The van der Waals surface area contributed by atoms with E-state index in [0.717, 1.165) is 31.2 Å². The molecule has 2 N–H and O–H groups in total. The summed E-state index contributed by atoms with van der Waals surface area (Å²) in [6, 6.07) is 18.8. The monoisotopic (exact) mass is 360 g/mol. The summed E-state index contributed by atoms with van der Waals surface area (Å²) >= 11 is 6.07. The number of hydrogen-bond donors (Lipinski definition) is 2. The summed E-state index contributed by atoms with van der Waals surface area (Å²) in [5.74, 6) is 0. The molecule has 2 aromatic carbocycles. The van der Waals surface area contributed by atoms with Crippen LogP contribution in [0.3, 0.4) is 0 Å². The smallest absolute Gasteiger partial charge is 0.0897 e. The quantitative estimate of drug-likeness (QED) is 0.830. The van der Waals surface area contributed by atoms with Crippen LogP contribution < -0.4 is 0 Å². The largest absolute Gasteiger partial charge is 0.394 e. The average Bonchev–Trinajstić information content (AvgIpc) is 2.66. The highest BCUT2D eigenvalue weighted by Crippen LogP contribution is 2.30. The summed E-state index contributed by atoms with van der Waals surface area (Å²) in [5, 5.41) is 19.4. The van der Waals surface area contributed by atoms with E-state index in [-0.39, 0.29) is 12.6 Å². The Hall–Kier alpha value is -1.43. The Kier molecular flexibility index (Phi) is 6.45. The normalized spacial score (nSPS) is 18.8. The molecule has 2 atom stereocenters. The average molecular weight is 361 g/mol. The molecular formula is C20H25ClN2O2. The van der Waals surface area contributed by atoms with Gasteiger partial charge in [0, 0.05) is 37.7 Å². The van der Waals surface area contributed by atoms with Gasteiger partial charge in [-0.3, -0.25) is 9.80 Å². The highest BCUT2D eigenvalue weighted by Gasteiger charge is 2.26. The summed E-state index contributed by atoms with van der Waals surface area (Å²) in [4.78, 5) is 4.68. The lowest BCUT2D eigenvalue weighted by molar-refractivity contribution is 0.0343. The maximum absolute atomic E-state index is 9.65. The second kappa shape index (κ2) is 8.79. The molecule has 0 bridgehead atoms. The van der Waals surface area contributed by atoms with Crippen LogP contribution in [0.1, 0.15) is 17.2 Å². The molecule has 0 radical (unpaired) electrons. The Balaban J connectivity index is 1.76. The molecular weight excluding hydrogens is 336 g/mol. The van der Waals surface area contributed by atoms with E-state index in [1.807, 2.05) is 18.2 Å². The summed E-state index contributed by atoms with van der Waals surface area (Å²) in [6.07, 6.45) is -0.660. The first kappa shape index (κ1) is 18.4. The topological polar surface area (TPSA) is 46.9 Å². The van der Waals surface area contributed by atoms with E-state index in [9.17, 15) is 5.11 Å². The molecule has 5 heteroatoms. The molecule has 1 saturated heterocycles. The van der Waals surface area contributed by atoms with E-state index in [1.54, 1.807) is 0 Å². The summed E-state index contributed by atoms with van der Waals surface area (Å²) in [5.41, 5.74) is 2.51. The lowest BCUT2D eigenvalue weighted by Crippen LogP contribution is -2.50. The summed E-state index contributed by atoms with van der Waals surface area (Å²) < 4.78 is 0. The van der Waals surface area contributed by atoms with Crippen molar-refractivity contribution in [1.82, 2.24) is 9.80 Å². The fourth-order valence-electron chi connectivity index (χ4n) is 3.45. The molecule has 134 valence electrons. The minimum Gasteiger partial charge on any atom is -0.394 e. The zero-order valence-electron chi connectivity index (χ0n) is 14.3. The number of halogens is 1. The number of piperazine rings is 1. The Bertz CT molecular complexity index is 643. The Morgan fingerprint density at radius 2 is 1.48 bits per heavy atom. The van der Waals surface area contributed by atoms with Crippen molar-refractivity contribution in [2.45, 2.75) is 12.1 Å². The predicted molar refractivity (Wildman–Crippen MR) is 101 cm³/mol. The van der Waals surface area contributed by atoms with Crippen molar-refractivity contribution in [2.24, 2.45) is 0 Å². The fourth-order valence-corrected chi connectivity index (χ4v) is 3.58. The van der Waals surface area contributed by atoms with Crippen LogP contribution in [0.2, 0.25) is 5.02 Å². The maximum Gasteiger partial charge on any atom is 0.0897 e. The molecule has 0 saturated carbocycles. The standard InChI is InChI=1S/C20H25ClN2O2/c21-18-8-6-17(7-9-18)20(16-4-2-1-3-5-16)23-12-10-22(11-13-23)14-19(25)15-24/h1-9,19-20,24-25H,10-15H2. The molecule has 0 aliphatic carbocycles. The van der Waals surface area contributed by atoms with Gasteiger partial charge in [0.1, 0.15) is 0 Å². The number of hydrogen-bond acceptors (Lipinski definition) is 4. The molecule has 4 nitrogen and oxygen atoms in total. The van der Waals surface area contributed by atoms with Gasteiger partial charge in [-0.15, -0.1) is 0 Å². The second-order valence-corrected chi connectivity index (χ2v) is 6.97. The van der Waals surface area contributed by atoms with Crippen LogP contribution in [0.15, 0.2) is 54.6 Å². The van der Waals surface area contributed by atoms with Crippen molar-refractivity contribution in [3.8, 4) is 0 Å². The van der Waals surface area contributed by atoms with E-state index in [2.05, 4.69) is 46.2 Å². The number of benzene rings is 2. The fraction of sp³-hybridized carbons (Fsp3) is 0.400. The van der Waals surface area contributed by atoms with Crippen LogP contribution in [0.25, 0.3) is 0 Å². The van der Waals surface area contributed by atoms with Crippen molar-refractivity contribution in [2.75, 3.05) is 39.3 Å². The van der Waals surface area contributed by atoms with E-state index in [4.69, 9.17) is 16.7 Å². The Morgan fingerprint density at radius 1 is 0.880 bits per heavy atom. The molecule has 1 fully saturated rings. The number of rotatable bonds is 6. The summed E-state index contributed by atoms with van der Waals surface area (Å²) in [6.45, 7) is 3.95. The SMILES string of the molecule is OCC(O)CN1CCN(C(c2ccccc2)c2ccc(Cl)cc2)CC1. The van der Waals surface area contributed by atoms with Crippen LogP contribution in [0.5, 0.6) is 0 Å². The second-order valence-electron chi connectivity index (χ2n) is 6.54. The van der Waals surface area contributed by atoms with Gasteiger partial charge in [-0.1, -0.05) is 54.1 Å². The molecule has 2 aromatic rings. The lowest BCUT2D eigenvalue weighted by Gasteiger charge is -2.40. The third-order valence-corrected chi connectivity index (χ3v) is 5.00. The van der Waals surface area contributed by atoms with Crippen molar-refractivity contribution >= 4 is 11.6 Å². The molecule has 2 unspecified atom stereocenters. The van der Waals surface area contributed by atoms with E-state index in [1.165, 1.54) is 11.1 Å². The molecule has 3 rings (SSSR count). The third-order valence-electron chi connectivity index (χ3n) is 4.75. The van der Waals surface area contributed by atoms with Crippen LogP contribution in [-0.2, 0) is 0 Å². The number of aliphatic hydroxyl groups excluding tert-OH is 2. The van der Waals surface area contributed by atoms with Gasteiger partial charge in [-0.25, -0.2) is 0 Å².